The summed E-state index contributed by atoms with van der Waals surface area (Å²) in [6.07, 6.45) is 2.72. The monoisotopic (exact) mass is 304 g/mol. The van der Waals surface area contributed by atoms with E-state index in [9.17, 15) is 13.6 Å². The molecule has 0 aliphatic carbocycles. The first-order valence-electron chi connectivity index (χ1n) is 6.30. The summed E-state index contributed by atoms with van der Waals surface area (Å²) in [5.41, 5.74) is 0.270. The molecule has 0 aliphatic heterocycles. The summed E-state index contributed by atoms with van der Waals surface area (Å²) in [6.45, 7) is 0.0172. The van der Waals surface area contributed by atoms with Crippen molar-refractivity contribution in [1.29, 1.82) is 0 Å². The van der Waals surface area contributed by atoms with Crippen LogP contribution in [0.3, 0.4) is 0 Å². The number of carboxylic acids is 1. The third-order valence-corrected chi connectivity index (χ3v) is 3.07. The average molecular weight is 304 g/mol. The maximum Gasteiger partial charge on any atom is 0.341 e. The highest BCUT2D eigenvalue weighted by molar-refractivity contribution is 5.94. The van der Waals surface area contributed by atoms with Crippen LogP contribution in [0.1, 0.15) is 15.9 Å². The third kappa shape index (κ3) is 2.58. The Morgan fingerprint density at radius 1 is 1.32 bits per heavy atom. The summed E-state index contributed by atoms with van der Waals surface area (Å²) in [6, 6.07) is 4.72. The van der Waals surface area contributed by atoms with Crippen LogP contribution in [0.15, 0.2) is 36.7 Å². The number of nitrogens with one attached hydrogen (secondary N) is 1. The second-order valence-corrected chi connectivity index (χ2v) is 4.53. The summed E-state index contributed by atoms with van der Waals surface area (Å²) in [5, 5.41) is 15.7. The molecule has 0 saturated carbocycles. The van der Waals surface area contributed by atoms with Gasteiger partial charge in [-0.15, -0.1) is 0 Å². The SMILES string of the molecule is O=C(O)c1cnn2ccc(NCc3cc(F)ccc3F)nc12. The molecule has 2 aromatic heterocycles. The molecule has 1 aromatic carbocycles. The van der Waals surface area contributed by atoms with Gasteiger partial charge in [-0.25, -0.2) is 23.1 Å². The van der Waals surface area contributed by atoms with Crippen molar-refractivity contribution in [2.24, 2.45) is 0 Å². The predicted molar refractivity (Wildman–Crippen MR) is 73.6 cm³/mol. The van der Waals surface area contributed by atoms with Crippen LogP contribution in [-0.4, -0.2) is 25.7 Å². The fraction of sp³-hybridized carbons (Fsp3) is 0.0714. The van der Waals surface area contributed by atoms with E-state index in [2.05, 4.69) is 15.4 Å². The van der Waals surface area contributed by atoms with Gasteiger partial charge in [0.25, 0.3) is 0 Å². The zero-order valence-corrected chi connectivity index (χ0v) is 11.1. The molecule has 0 aliphatic rings. The highest BCUT2D eigenvalue weighted by Crippen LogP contribution is 2.14. The van der Waals surface area contributed by atoms with Crippen molar-refractivity contribution in [1.82, 2.24) is 14.6 Å². The van der Waals surface area contributed by atoms with Gasteiger partial charge in [0.1, 0.15) is 23.0 Å². The summed E-state index contributed by atoms with van der Waals surface area (Å²) in [4.78, 5) is 15.2. The van der Waals surface area contributed by atoms with Crippen molar-refractivity contribution in [2.45, 2.75) is 6.54 Å². The number of aromatic nitrogens is 3. The average Bonchev–Trinajstić information content (AvgIpc) is 2.91. The number of aromatic carboxylic acids is 1. The maximum atomic E-state index is 13.5. The molecule has 22 heavy (non-hydrogen) atoms. The second kappa shape index (κ2) is 5.40. The molecule has 0 radical (unpaired) electrons. The van der Waals surface area contributed by atoms with Gasteiger partial charge in [-0.05, 0) is 24.3 Å². The fourth-order valence-corrected chi connectivity index (χ4v) is 1.98. The van der Waals surface area contributed by atoms with E-state index >= 15 is 0 Å². The molecule has 0 amide bonds. The molecular formula is C14H10F2N4O2. The van der Waals surface area contributed by atoms with Gasteiger partial charge in [-0.3, -0.25) is 0 Å². The van der Waals surface area contributed by atoms with Gasteiger partial charge in [0.15, 0.2) is 5.65 Å². The number of hydrogen-bond donors (Lipinski definition) is 2. The van der Waals surface area contributed by atoms with Gasteiger partial charge in [0.05, 0.1) is 6.20 Å². The Hall–Kier alpha value is -3.03. The van der Waals surface area contributed by atoms with Gasteiger partial charge in [0.2, 0.25) is 0 Å². The van der Waals surface area contributed by atoms with Crippen LogP contribution in [-0.2, 0) is 6.54 Å². The predicted octanol–water partition coefficient (Wildman–Crippen LogP) is 2.32. The Bertz CT molecular complexity index is 863. The molecule has 8 heteroatoms. The molecule has 3 aromatic rings. The van der Waals surface area contributed by atoms with Gasteiger partial charge >= 0.3 is 5.97 Å². The van der Waals surface area contributed by atoms with E-state index in [4.69, 9.17) is 5.11 Å². The number of carboxylic acid groups (broad SMARTS) is 1. The lowest BCUT2D eigenvalue weighted by molar-refractivity contribution is 0.0699. The van der Waals surface area contributed by atoms with Crippen LogP contribution < -0.4 is 5.32 Å². The standard InChI is InChI=1S/C14H10F2N4O2/c15-9-1-2-11(16)8(5-9)6-17-12-3-4-20-13(19-12)10(7-18-20)14(21)22/h1-5,7H,6H2,(H,17,19)(H,21,22). The Kier molecular flexibility index (Phi) is 3.42. The van der Waals surface area contributed by atoms with Crippen molar-refractivity contribution in [3.8, 4) is 0 Å². The molecule has 0 atom stereocenters. The number of halogens is 2. The first kappa shape index (κ1) is 13.9. The van der Waals surface area contributed by atoms with E-state index in [-0.39, 0.29) is 23.3 Å². The Morgan fingerprint density at radius 3 is 2.91 bits per heavy atom. The number of hydrogen-bond acceptors (Lipinski definition) is 4. The number of anilines is 1. The minimum absolute atomic E-state index is 0.0172. The van der Waals surface area contributed by atoms with Gasteiger partial charge in [0, 0.05) is 18.3 Å². The molecule has 0 fully saturated rings. The van der Waals surface area contributed by atoms with E-state index in [1.807, 2.05) is 0 Å². The fourth-order valence-electron chi connectivity index (χ4n) is 1.98. The Balaban J connectivity index is 1.86. The molecule has 112 valence electrons. The van der Waals surface area contributed by atoms with Crippen molar-refractivity contribution in [3.05, 3.63) is 59.4 Å². The Labute approximate surface area is 123 Å². The molecule has 6 nitrogen and oxygen atoms in total. The van der Waals surface area contributed by atoms with Crippen LogP contribution in [0.25, 0.3) is 5.65 Å². The lowest BCUT2D eigenvalue weighted by atomic mass is 10.2. The maximum absolute atomic E-state index is 13.5. The summed E-state index contributed by atoms with van der Waals surface area (Å²) < 4.78 is 27.9. The van der Waals surface area contributed by atoms with Crippen LogP contribution in [0.4, 0.5) is 14.6 Å². The lowest BCUT2D eigenvalue weighted by Gasteiger charge is -2.07. The lowest BCUT2D eigenvalue weighted by Crippen LogP contribution is -2.06. The van der Waals surface area contributed by atoms with Crippen molar-refractivity contribution in [3.63, 3.8) is 0 Å². The van der Waals surface area contributed by atoms with Crippen molar-refractivity contribution >= 4 is 17.4 Å². The number of fused-ring (bicyclic) bond motifs is 1. The van der Waals surface area contributed by atoms with Crippen LogP contribution in [0.5, 0.6) is 0 Å². The molecule has 0 bridgehead atoms. The van der Waals surface area contributed by atoms with E-state index < -0.39 is 17.6 Å². The molecule has 0 spiro atoms. The van der Waals surface area contributed by atoms with E-state index in [1.165, 1.54) is 16.9 Å². The molecule has 0 unspecified atom stereocenters. The Morgan fingerprint density at radius 2 is 2.14 bits per heavy atom. The minimum atomic E-state index is -1.14. The number of benzene rings is 1. The molecule has 2 heterocycles. The van der Waals surface area contributed by atoms with E-state index in [0.717, 1.165) is 18.2 Å². The molecule has 3 rings (SSSR count). The minimum Gasteiger partial charge on any atom is -0.477 e. The van der Waals surface area contributed by atoms with Crippen LogP contribution in [0.2, 0.25) is 0 Å². The normalized spacial score (nSPS) is 10.8. The topological polar surface area (TPSA) is 79.5 Å². The first-order chi connectivity index (χ1) is 10.5. The van der Waals surface area contributed by atoms with Gasteiger partial charge in [-0.1, -0.05) is 0 Å². The summed E-state index contributed by atoms with van der Waals surface area (Å²) in [5.74, 6) is -1.88. The van der Waals surface area contributed by atoms with E-state index in [0.29, 0.717) is 5.82 Å². The summed E-state index contributed by atoms with van der Waals surface area (Å²) in [7, 11) is 0. The number of rotatable bonds is 4. The number of nitrogens with zero attached hydrogens (tertiary/aromatic N) is 3. The molecule has 0 saturated heterocycles. The van der Waals surface area contributed by atoms with Gasteiger partial charge < -0.3 is 10.4 Å². The van der Waals surface area contributed by atoms with Gasteiger partial charge in [-0.2, -0.15) is 5.10 Å². The second-order valence-electron chi connectivity index (χ2n) is 4.53. The number of carbonyl (C=O) groups is 1. The highest BCUT2D eigenvalue weighted by Gasteiger charge is 2.13. The highest BCUT2D eigenvalue weighted by atomic mass is 19.1. The zero-order chi connectivity index (χ0) is 15.7. The van der Waals surface area contributed by atoms with Crippen molar-refractivity contribution in [2.75, 3.05) is 5.32 Å². The van der Waals surface area contributed by atoms with Crippen LogP contribution in [0, 0.1) is 11.6 Å². The molecule has 2 N–H and O–H groups in total. The van der Waals surface area contributed by atoms with E-state index in [1.54, 1.807) is 6.07 Å². The largest absolute Gasteiger partial charge is 0.477 e. The van der Waals surface area contributed by atoms with Crippen molar-refractivity contribution < 1.29 is 18.7 Å². The smallest absolute Gasteiger partial charge is 0.341 e. The quantitative estimate of drug-likeness (QED) is 0.773. The third-order valence-electron chi connectivity index (χ3n) is 3.07. The van der Waals surface area contributed by atoms with Crippen LogP contribution >= 0.6 is 0 Å². The zero-order valence-electron chi connectivity index (χ0n) is 11.1. The first-order valence-corrected chi connectivity index (χ1v) is 6.30. The summed E-state index contributed by atoms with van der Waals surface area (Å²) >= 11 is 0. The molecular weight excluding hydrogens is 294 g/mol.